The summed E-state index contributed by atoms with van der Waals surface area (Å²) >= 11 is 17.6. The Bertz CT molecular complexity index is 975. The quantitative estimate of drug-likeness (QED) is 0.441. The first-order valence-corrected chi connectivity index (χ1v) is 8.87. The third kappa shape index (κ3) is 3.13. The van der Waals surface area contributed by atoms with Gasteiger partial charge in [0, 0.05) is 17.3 Å². The maximum absolute atomic E-state index is 12.8. The Morgan fingerprint density at radius 2 is 1.65 bits per heavy atom. The number of halogens is 3. The van der Waals surface area contributed by atoms with E-state index in [4.69, 9.17) is 44.3 Å². The first-order chi connectivity index (χ1) is 12.3. The first-order valence-electron chi connectivity index (χ1n) is 7.73. The number of aryl methyl sites for hydroxylation is 1. The van der Waals surface area contributed by atoms with Crippen LogP contribution in [-0.2, 0) is 0 Å². The summed E-state index contributed by atoms with van der Waals surface area (Å²) in [5.41, 5.74) is 3.43. The monoisotopic (exact) mass is 411 g/mol. The largest absolute Gasteiger partial charge is 0.496 e. The summed E-state index contributed by atoms with van der Waals surface area (Å²) in [6.45, 7) is 1.91. The summed E-state index contributed by atoms with van der Waals surface area (Å²) in [5.74, 6) is 0.153. The van der Waals surface area contributed by atoms with Crippen molar-refractivity contribution in [2.24, 2.45) is 0 Å². The number of nitrogens with one attached hydrogen (secondary N) is 1. The van der Waals surface area contributed by atoms with Crippen molar-refractivity contribution in [2.45, 2.75) is 10.7 Å². The van der Waals surface area contributed by atoms with E-state index in [1.54, 1.807) is 13.2 Å². The van der Waals surface area contributed by atoms with Gasteiger partial charge in [-0.3, -0.25) is 4.79 Å². The van der Waals surface area contributed by atoms with Crippen molar-refractivity contribution in [1.29, 1.82) is 0 Å². The minimum absolute atomic E-state index is 0.175. The van der Waals surface area contributed by atoms with Gasteiger partial charge in [-0.1, -0.05) is 65.1 Å². The number of fused-ring (bicyclic) bond motifs is 1. The molecule has 1 heterocycles. The fourth-order valence-electron chi connectivity index (χ4n) is 3.10. The number of ketones is 1. The van der Waals surface area contributed by atoms with Gasteiger partial charge >= 0.3 is 0 Å². The highest BCUT2D eigenvalue weighted by Gasteiger charge is 2.36. The van der Waals surface area contributed by atoms with Crippen LogP contribution in [0.4, 0.5) is 0 Å². The number of H-pyrrole nitrogens is 1. The molecule has 0 fully saturated rings. The van der Waals surface area contributed by atoms with Gasteiger partial charge in [-0.25, -0.2) is 0 Å². The van der Waals surface area contributed by atoms with Crippen molar-refractivity contribution >= 4 is 51.5 Å². The standard InChI is InChI=1S/C19H16Cl3NO3/c1-10-14(11-7-5-4-6-8-11)15-12(25-2)9-13(26-3)16(17(15)23-10)18(24)19(20,21)22/h4-9,23H,1-3H3. The van der Waals surface area contributed by atoms with Crippen molar-refractivity contribution in [3.63, 3.8) is 0 Å². The Hall–Kier alpha value is -1.88. The van der Waals surface area contributed by atoms with Gasteiger partial charge in [0.2, 0.25) is 5.78 Å². The number of carbonyl (C=O) groups excluding carboxylic acids is 1. The number of methoxy groups -OCH3 is 2. The van der Waals surface area contributed by atoms with Crippen LogP contribution in [0.15, 0.2) is 36.4 Å². The van der Waals surface area contributed by atoms with E-state index in [0.717, 1.165) is 22.2 Å². The molecule has 0 unspecified atom stereocenters. The van der Waals surface area contributed by atoms with E-state index in [-0.39, 0.29) is 11.3 Å². The highest BCUT2D eigenvalue weighted by Crippen LogP contribution is 2.45. The summed E-state index contributed by atoms with van der Waals surface area (Å²) in [4.78, 5) is 16.0. The number of Topliss-reactive ketones (excluding diaryl/α,β-unsaturated/α-hetero) is 1. The normalized spacial score (nSPS) is 11.6. The zero-order valence-corrected chi connectivity index (χ0v) is 16.6. The molecule has 3 rings (SSSR count). The van der Waals surface area contributed by atoms with E-state index in [9.17, 15) is 4.79 Å². The van der Waals surface area contributed by atoms with Crippen LogP contribution in [-0.4, -0.2) is 28.8 Å². The minimum atomic E-state index is -2.11. The molecule has 0 saturated heterocycles. The van der Waals surface area contributed by atoms with Gasteiger partial charge in [0.15, 0.2) is 0 Å². The zero-order chi connectivity index (χ0) is 19.1. The Balaban J connectivity index is 2.45. The molecule has 0 amide bonds. The van der Waals surface area contributed by atoms with Crippen molar-refractivity contribution in [3.8, 4) is 22.6 Å². The number of alkyl halides is 3. The van der Waals surface area contributed by atoms with Crippen LogP contribution in [0, 0.1) is 6.92 Å². The summed E-state index contributed by atoms with van der Waals surface area (Å²) in [7, 11) is 3.01. The molecule has 2 aromatic carbocycles. The van der Waals surface area contributed by atoms with Crippen molar-refractivity contribution < 1.29 is 14.3 Å². The maximum atomic E-state index is 12.8. The Morgan fingerprint density at radius 3 is 2.19 bits per heavy atom. The summed E-state index contributed by atoms with van der Waals surface area (Å²) in [6.07, 6.45) is 0. The molecule has 0 aliphatic rings. The fourth-order valence-corrected chi connectivity index (χ4v) is 3.38. The van der Waals surface area contributed by atoms with Gasteiger partial charge in [-0.05, 0) is 12.5 Å². The van der Waals surface area contributed by atoms with Crippen LogP contribution < -0.4 is 9.47 Å². The van der Waals surface area contributed by atoms with Gasteiger partial charge in [-0.15, -0.1) is 0 Å². The third-order valence-electron chi connectivity index (χ3n) is 4.18. The van der Waals surface area contributed by atoms with E-state index < -0.39 is 9.58 Å². The molecular formula is C19H16Cl3NO3. The van der Waals surface area contributed by atoms with Crippen LogP contribution in [0.3, 0.4) is 0 Å². The van der Waals surface area contributed by atoms with Crippen molar-refractivity contribution in [2.75, 3.05) is 14.2 Å². The molecule has 7 heteroatoms. The van der Waals surface area contributed by atoms with Crippen LogP contribution in [0.25, 0.3) is 22.0 Å². The number of hydrogen-bond acceptors (Lipinski definition) is 3. The number of ether oxygens (including phenoxy) is 2. The lowest BCUT2D eigenvalue weighted by molar-refractivity contribution is 0.0995. The molecule has 0 bridgehead atoms. The van der Waals surface area contributed by atoms with E-state index in [1.807, 2.05) is 37.3 Å². The van der Waals surface area contributed by atoms with Crippen molar-refractivity contribution in [3.05, 3.63) is 47.7 Å². The predicted octanol–water partition coefficient (Wildman–Crippen LogP) is 5.71. The molecule has 0 saturated carbocycles. The highest BCUT2D eigenvalue weighted by atomic mass is 35.6. The topological polar surface area (TPSA) is 51.3 Å². The van der Waals surface area contributed by atoms with Crippen LogP contribution in [0.1, 0.15) is 16.1 Å². The predicted molar refractivity (Wildman–Crippen MR) is 106 cm³/mol. The summed E-state index contributed by atoms with van der Waals surface area (Å²) in [5, 5.41) is 0.731. The number of benzene rings is 2. The molecular weight excluding hydrogens is 397 g/mol. The lowest BCUT2D eigenvalue weighted by atomic mass is 9.98. The van der Waals surface area contributed by atoms with E-state index in [1.165, 1.54) is 7.11 Å². The molecule has 0 radical (unpaired) electrons. The molecule has 0 atom stereocenters. The molecule has 1 N–H and O–H groups in total. The van der Waals surface area contributed by atoms with Crippen LogP contribution in [0.5, 0.6) is 11.5 Å². The van der Waals surface area contributed by atoms with Gasteiger partial charge < -0.3 is 14.5 Å². The molecule has 0 aliphatic carbocycles. The molecule has 0 aliphatic heterocycles. The number of carbonyl (C=O) groups is 1. The number of aromatic nitrogens is 1. The third-order valence-corrected chi connectivity index (χ3v) is 4.69. The van der Waals surface area contributed by atoms with Gasteiger partial charge in [-0.2, -0.15) is 0 Å². The van der Waals surface area contributed by atoms with Gasteiger partial charge in [0.1, 0.15) is 11.5 Å². The van der Waals surface area contributed by atoms with Crippen LogP contribution in [0.2, 0.25) is 0 Å². The molecule has 26 heavy (non-hydrogen) atoms. The van der Waals surface area contributed by atoms with Gasteiger partial charge in [0.05, 0.1) is 30.7 Å². The smallest absolute Gasteiger partial charge is 0.253 e. The molecule has 3 aromatic rings. The Kier molecular flexibility index (Phi) is 5.11. The maximum Gasteiger partial charge on any atom is 0.253 e. The van der Waals surface area contributed by atoms with Crippen molar-refractivity contribution in [1.82, 2.24) is 4.98 Å². The lowest BCUT2D eigenvalue weighted by Crippen LogP contribution is -2.20. The van der Waals surface area contributed by atoms with Crippen LogP contribution >= 0.6 is 34.8 Å². The SMILES string of the molecule is COc1cc(OC)c2c(-c3ccccc3)c(C)[nH]c2c1C(=O)C(Cl)(Cl)Cl. The Morgan fingerprint density at radius 1 is 1.04 bits per heavy atom. The number of aromatic amines is 1. The molecule has 0 spiro atoms. The Labute approximate surface area is 166 Å². The highest BCUT2D eigenvalue weighted by molar-refractivity contribution is 6.77. The van der Waals surface area contributed by atoms with E-state index in [0.29, 0.717) is 11.3 Å². The minimum Gasteiger partial charge on any atom is -0.496 e. The lowest BCUT2D eigenvalue weighted by Gasteiger charge is -2.16. The zero-order valence-electron chi connectivity index (χ0n) is 14.3. The number of hydrogen-bond donors (Lipinski definition) is 1. The van der Waals surface area contributed by atoms with E-state index >= 15 is 0 Å². The molecule has 1 aromatic heterocycles. The van der Waals surface area contributed by atoms with Gasteiger partial charge in [0.25, 0.3) is 3.79 Å². The molecule has 4 nitrogen and oxygen atoms in total. The fraction of sp³-hybridized carbons (Fsp3) is 0.211. The average Bonchev–Trinajstić information content (AvgIpc) is 2.96. The second-order valence-electron chi connectivity index (χ2n) is 5.72. The number of rotatable bonds is 4. The second-order valence-corrected chi connectivity index (χ2v) is 8.01. The summed E-state index contributed by atoms with van der Waals surface area (Å²) < 4.78 is 8.82. The second kappa shape index (κ2) is 7.03. The first kappa shape index (κ1) is 18.9. The average molecular weight is 413 g/mol. The van der Waals surface area contributed by atoms with E-state index in [2.05, 4.69) is 4.98 Å². The molecule has 136 valence electrons. The summed E-state index contributed by atoms with van der Waals surface area (Å²) in [6, 6.07) is 11.4.